The molecular formula is C27H27ClN4O4. The molecular weight excluding hydrogens is 480 g/mol. The number of rotatable bonds is 3. The van der Waals surface area contributed by atoms with Crippen LogP contribution in [0.4, 0.5) is 10.8 Å². The second kappa shape index (κ2) is 9.35. The van der Waals surface area contributed by atoms with Crippen LogP contribution in [-0.2, 0) is 4.74 Å². The van der Waals surface area contributed by atoms with Crippen LogP contribution in [0.2, 0.25) is 5.02 Å². The normalized spacial score (nSPS) is 14.3. The minimum absolute atomic E-state index is 0.0747. The molecule has 9 heteroatoms. The summed E-state index contributed by atoms with van der Waals surface area (Å²) >= 11 is 6.22. The molecule has 1 saturated heterocycles. The van der Waals surface area contributed by atoms with Crippen molar-refractivity contribution in [2.45, 2.75) is 26.4 Å². The quantitative estimate of drug-likeness (QED) is 0.365. The molecule has 0 bridgehead atoms. The van der Waals surface area contributed by atoms with Gasteiger partial charge in [0.1, 0.15) is 11.4 Å². The minimum Gasteiger partial charge on any atom is -0.506 e. The number of fused-ring (bicyclic) bond motifs is 1. The van der Waals surface area contributed by atoms with Crippen LogP contribution < -0.4 is 4.90 Å². The molecule has 1 N–H and O–H groups in total. The zero-order valence-electron chi connectivity index (χ0n) is 20.4. The Morgan fingerprint density at radius 3 is 2.33 bits per heavy atom. The van der Waals surface area contributed by atoms with E-state index in [1.165, 1.54) is 0 Å². The average molecular weight is 507 g/mol. The van der Waals surface area contributed by atoms with Gasteiger partial charge < -0.3 is 24.2 Å². The number of phenols is 1. The summed E-state index contributed by atoms with van der Waals surface area (Å²) in [6, 6.07) is 17.7. The molecule has 0 saturated carbocycles. The number of hydrogen-bond acceptors (Lipinski definition) is 7. The van der Waals surface area contributed by atoms with E-state index in [2.05, 4.69) is 10.1 Å². The molecule has 1 aromatic heterocycles. The van der Waals surface area contributed by atoms with Crippen LogP contribution in [0, 0.1) is 0 Å². The molecule has 1 aliphatic heterocycles. The maximum atomic E-state index is 12.3. The monoisotopic (exact) mass is 506 g/mol. The predicted molar refractivity (Wildman–Crippen MR) is 139 cm³/mol. The van der Waals surface area contributed by atoms with Crippen LogP contribution in [0.25, 0.3) is 33.3 Å². The molecule has 1 fully saturated rings. The van der Waals surface area contributed by atoms with Gasteiger partial charge in [-0.25, -0.2) is 4.79 Å². The number of amides is 1. The first-order valence-corrected chi connectivity index (χ1v) is 12.1. The van der Waals surface area contributed by atoms with Crippen LogP contribution >= 0.6 is 11.6 Å². The van der Waals surface area contributed by atoms with Crippen molar-refractivity contribution in [2.75, 3.05) is 31.1 Å². The van der Waals surface area contributed by atoms with Crippen LogP contribution in [0.5, 0.6) is 5.75 Å². The third-order valence-corrected chi connectivity index (χ3v) is 6.42. The van der Waals surface area contributed by atoms with E-state index in [0.29, 0.717) is 43.0 Å². The Morgan fingerprint density at radius 2 is 1.64 bits per heavy atom. The SMILES string of the molecule is CC(C)(C)OC(=O)N1CCN(c2nc(-c3ccc(-c4ccc5c(Cl)c(O)ccc5c4)cc3)no2)CC1. The number of hydrogen-bond donors (Lipinski definition) is 1. The highest BCUT2D eigenvalue weighted by atomic mass is 35.5. The van der Waals surface area contributed by atoms with E-state index in [4.69, 9.17) is 20.9 Å². The Balaban J connectivity index is 1.26. The van der Waals surface area contributed by atoms with Crippen molar-refractivity contribution in [3.8, 4) is 28.3 Å². The van der Waals surface area contributed by atoms with E-state index in [9.17, 15) is 9.90 Å². The average Bonchev–Trinajstić information content (AvgIpc) is 3.36. The van der Waals surface area contributed by atoms with E-state index < -0.39 is 5.60 Å². The third-order valence-electron chi connectivity index (χ3n) is 6.03. The zero-order valence-corrected chi connectivity index (χ0v) is 21.1. The summed E-state index contributed by atoms with van der Waals surface area (Å²) in [5, 5.41) is 16.1. The Hall–Kier alpha value is -3.78. The summed E-state index contributed by atoms with van der Waals surface area (Å²) in [4.78, 5) is 20.5. The maximum absolute atomic E-state index is 12.3. The first-order valence-electron chi connectivity index (χ1n) is 11.8. The van der Waals surface area contributed by atoms with Crippen LogP contribution in [0.3, 0.4) is 0 Å². The molecule has 0 aliphatic carbocycles. The van der Waals surface area contributed by atoms with Crippen LogP contribution in [-0.4, -0.2) is 58.0 Å². The number of piperazine rings is 1. The van der Waals surface area contributed by atoms with Crippen molar-refractivity contribution in [1.82, 2.24) is 15.0 Å². The van der Waals surface area contributed by atoms with E-state index in [-0.39, 0.29) is 11.8 Å². The van der Waals surface area contributed by atoms with E-state index in [0.717, 1.165) is 27.5 Å². The minimum atomic E-state index is -0.517. The van der Waals surface area contributed by atoms with Crippen molar-refractivity contribution < 1.29 is 19.2 Å². The number of aromatic nitrogens is 2. The van der Waals surface area contributed by atoms with Gasteiger partial charge in [-0.1, -0.05) is 59.2 Å². The molecule has 0 atom stereocenters. The number of nitrogens with zero attached hydrogens (tertiary/aromatic N) is 4. The lowest BCUT2D eigenvalue weighted by molar-refractivity contribution is 0.0238. The van der Waals surface area contributed by atoms with Gasteiger partial charge in [0.2, 0.25) is 5.82 Å². The number of aromatic hydroxyl groups is 1. The van der Waals surface area contributed by atoms with E-state index >= 15 is 0 Å². The first kappa shape index (κ1) is 23.9. The summed E-state index contributed by atoms with van der Waals surface area (Å²) in [5.41, 5.74) is 2.39. The fraction of sp³-hybridized carbons (Fsp3) is 0.296. The summed E-state index contributed by atoms with van der Waals surface area (Å²) in [6.45, 7) is 7.80. The van der Waals surface area contributed by atoms with Crippen molar-refractivity contribution in [3.05, 3.63) is 59.6 Å². The fourth-order valence-corrected chi connectivity index (χ4v) is 4.37. The lowest BCUT2D eigenvalue weighted by Crippen LogP contribution is -2.50. The highest BCUT2D eigenvalue weighted by molar-refractivity contribution is 6.37. The topological polar surface area (TPSA) is 91.9 Å². The van der Waals surface area contributed by atoms with Gasteiger partial charge in [0.05, 0.1) is 5.02 Å². The van der Waals surface area contributed by atoms with E-state index in [1.807, 2.05) is 74.2 Å². The summed E-state index contributed by atoms with van der Waals surface area (Å²) in [6.07, 6.45) is -0.305. The van der Waals surface area contributed by atoms with Gasteiger partial charge in [-0.2, -0.15) is 4.98 Å². The zero-order chi connectivity index (χ0) is 25.4. The molecule has 0 spiro atoms. The largest absolute Gasteiger partial charge is 0.506 e. The van der Waals surface area contributed by atoms with Gasteiger partial charge in [0.25, 0.3) is 0 Å². The van der Waals surface area contributed by atoms with E-state index in [1.54, 1.807) is 11.0 Å². The molecule has 3 aromatic carbocycles. The van der Waals surface area contributed by atoms with Crippen molar-refractivity contribution in [2.24, 2.45) is 0 Å². The summed E-state index contributed by atoms with van der Waals surface area (Å²) in [7, 11) is 0. The number of phenolic OH excluding ortho intramolecular Hbond substituents is 1. The van der Waals surface area contributed by atoms with Crippen molar-refractivity contribution in [3.63, 3.8) is 0 Å². The number of carbonyl (C=O) groups is 1. The molecule has 36 heavy (non-hydrogen) atoms. The predicted octanol–water partition coefficient (Wildman–Crippen LogP) is 5.97. The highest BCUT2D eigenvalue weighted by Crippen LogP contribution is 2.34. The lowest BCUT2D eigenvalue weighted by Gasteiger charge is -2.34. The molecule has 8 nitrogen and oxygen atoms in total. The molecule has 186 valence electrons. The maximum Gasteiger partial charge on any atom is 0.410 e. The molecule has 2 heterocycles. The van der Waals surface area contributed by atoms with Gasteiger partial charge in [-0.3, -0.25) is 0 Å². The smallest absolute Gasteiger partial charge is 0.410 e. The second-order valence-corrected chi connectivity index (χ2v) is 10.1. The highest BCUT2D eigenvalue weighted by Gasteiger charge is 2.28. The Labute approximate surface area is 214 Å². The fourth-order valence-electron chi connectivity index (χ4n) is 4.14. The first-order chi connectivity index (χ1) is 17.2. The number of ether oxygens (including phenoxy) is 1. The molecule has 4 aromatic rings. The number of carbonyl (C=O) groups excluding carboxylic acids is 1. The van der Waals surface area contributed by atoms with Gasteiger partial charge in [-0.15, -0.1) is 0 Å². The van der Waals surface area contributed by atoms with Crippen LogP contribution in [0.15, 0.2) is 59.1 Å². The molecule has 1 amide bonds. The second-order valence-electron chi connectivity index (χ2n) is 9.77. The molecule has 1 aliphatic rings. The third kappa shape index (κ3) is 4.95. The number of halogens is 1. The van der Waals surface area contributed by atoms with Crippen molar-refractivity contribution in [1.29, 1.82) is 0 Å². The Bertz CT molecular complexity index is 1400. The van der Waals surface area contributed by atoms with Crippen LogP contribution in [0.1, 0.15) is 20.8 Å². The number of anilines is 1. The molecule has 5 rings (SSSR count). The molecule has 0 radical (unpaired) electrons. The lowest BCUT2D eigenvalue weighted by atomic mass is 10.00. The summed E-state index contributed by atoms with van der Waals surface area (Å²) < 4.78 is 11.0. The van der Waals surface area contributed by atoms with Gasteiger partial charge in [-0.05, 0) is 49.4 Å². The van der Waals surface area contributed by atoms with Gasteiger partial charge >= 0.3 is 12.1 Å². The van der Waals surface area contributed by atoms with Gasteiger partial charge in [0, 0.05) is 37.1 Å². The number of benzene rings is 3. The molecule has 0 unspecified atom stereocenters. The van der Waals surface area contributed by atoms with Crippen molar-refractivity contribution >= 4 is 34.5 Å². The Kier molecular flexibility index (Phi) is 6.22. The Morgan fingerprint density at radius 1 is 0.972 bits per heavy atom. The standard InChI is InChI=1S/C27H27ClN4O4/c1-27(2,3)35-26(34)32-14-12-31(13-15-32)25-29-24(30-36-25)18-6-4-17(5-7-18)19-8-10-21-20(16-19)9-11-22(33)23(21)28/h4-11,16,33H,12-15H2,1-3H3. The van der Waals surface area contributed by atoms with Gasteiger partial charge in [0.15, 0.2) is 0 Å². The summed E-state index contributed by atoms with van der Waals surface area (Å²) in [5.74, 6) is 0.581.